The highest BCUT2D eigenvalue weighted by Gasteiger charge is 2.29. The van der Waals surface area contributed by atoms with Crippen LogP contribution in [0.4, 0.5) is 4.39 Å². The number of hydrogen-bond donors (Lipinski definition) is 1. The molecule has 0 unspecified atom stereocenters. The van der Waals surface area contributed by atoms with Gasteiger partial charge in [-0.15, -0.1) is 11.3 Å². The predicted molar refractivity (Wildman–Crippen MR) is 72.9 cm³/mol. The molecule has 5 heteroatoms. The molecule has 1 atom stereocenters. The number of benzene rings is 1. The van der Waals surface area contributed by atoms with Crippen LogP contribution >= 0.6 is 11.3 Å². The molecule has 3 nitrogen and oxygen atoms in total. The van der Waals surface area contributed by atoms with Crippen molar-refractivity contribution in [2.24, 2.45) is 0 Å². The van der Waals surface area contributed by atoms with Crippen molar-refractivity contribution in [1.82, 2.24) is 4.90 Å². The largest absolute Gasteiger partial charge is 0.394 e. The van der Waals surface area contributed by atoms with E-state index in [4.69, 9.17) is 0 Å². The summed E-state index contributed by atoms with van der Waals surface area (Å²) in [5.41, 5.74) is 0. The van der Waals surface area contributed by atoms with Crippen LogP contribution in [0.25, 0.3) is 10.1 Å². The predicted octanol–water partition coefficient (Wildman–Crippen LogP) is 2.64. The van der Waals surface area contributed by atoms with Crippen LogP contribution in [0.2, 0.25) is 0 Å². The van der Waals surface area contributed by atoms with Crippen LogP contribution in [0.3, 0.4) is 0 Å². The number of likely N-dealkylation sites (tertiary alicyclic amines) is 1. The standard InChI is InChI=1S/C14H14FNO2S/c15-10-3-4-12-9(6-10)7-13(19-12)14(18)16-5-1-2-11(16)8-17/h3-4,6-7,11,17H,1-2,5,8H2/t11-/m1/s1. The van der Waals surface area contributed by atoms with E-state index in [1.165, 1.54) is 23.5 Å². The summed E-state index contributed by atoms with van der Waals surface area (Å²) < 4.78 is 14.0. The van der Waals surface area contributed by atoms with Gasteiger partial charge >= 0.3 is 0 Å². The summed E-state index contributed by atoms with van der Waals surface area (Å²) in [7, 11) is 0. The Bertz CT molecular complexity index is 625. The lowest BCUT2D eigenvalue weighted by Gasteiger charge is -2.22. The van der Waals surface area contributed by atoms with E-state index in [1.807, 2.05) is 0 Å². The van der Waals surface area contributed by atoms with Crippen molar-refractivity contribution in [3.8, 4) is 0 Å². The number of fused-ring (bicyclic) bond motifs is 1. The molecule has 1 aliphatic heterocycles. The number of aliphatic hydroxyl groups is 1. The zero-order chi connectivity index (χ0) is 13.4. The Hall–Kier alpha value is -1.46. The van der Waals surface area contributed by atoms with Crippen molar-refractivity contribution in [1.29, 1.82) is 0 Å². The van der Waals surface area contributed by atoms with Gasteiger partial charge < -0.3 is 10.0 Å². The van der Waals surface area contributed by atoms with Crippen LogP contribution in [-0.4, -0.2) is 35.1 Å². The van der Waals surface area contributed by atoms with Gasteiger partial charge in [0.1, 0.15) is 5.82 Å². The first-order chi connectivity index (χ1) is 9.19. The Morgan fingerprint density at radius 3 is 3.11 bits per heavy atom. The zero-order valence-electron chi connectivity index (χ0n) is 10.3. The summed E-state index contributed by atoms with van der Waals surface area (Å²) in [5, 5.41) is 10.0. The molecule has 0 aliphatic carbocycles. The molecule has 1 aromatic carbocycles. The molecule has 100 valence electrons. The molecule has 1 aromatic heterocycles. The quantitative estimate of drug-likeness (QED) is 0.918. The molecular formula is C14H14FNO2S. The van der Waals surface area contributed by atoms with Crippen LogP contribution in [-0.2, 0) is 0 Å². The smallest absolute Gasteiger partial charge is 0.264 e. The Morgan fingerprint density at radius 1 is 1.47 bits per heavy atom. The monoisotopic (exact) mass is 279 g/mol. The van der Waals surface area contributed by atoms with Crippen molar-refractivity contribution < 1.29 is 14.3 Å². The minimum absolute atomic E-state index is 0.00522. The van der Waals surface area contributed by atoms with Gasteiger partial charge in [0.2, 0.25) is 0 Å². The number of carbonyl (C=O) groups excluding carboxylic acids is 1. The number of hydrogen-bond acceptors (Lipinski definition) is 3. The van der Waals surface area contributed by atoms with Crippen molar-refractivity contribution in [3.05, 3.63) is 35.0 Å². The Morgan fingerprint density at radius 2 is 2.32 bits per heavy atom. The lowest BCUT2D eigenvalue weighted by atomic mass is 10.2. The fourth-order valence-corrected chi connectivity index (χ4v) is 3.55. The van der Waals surface area contributed by atoms with E-state index in [0.717, 1.165) is 22.9 Å². The molecular weight excluding hydrogens is 265 g/mol. The SMILES string of the molecule is O=C(c1cc2cc(F)ccc2s1)N1CCC[C@@H]1CO. The van der Waals surface area contributed by atoms with Gasteiger partial charge in [0.05, 0.1) is 17.5 Å². The highest BCUT2D eigenvalue weighted by Crippen LogP contribution is 2.29. The second-order valence-electron chi connectivity index (χ2n) is 4.77. The third-order valence-electron chi connectivity index (χ3n) is 3.54. The number of nitrogens with zero attached hydrogens (tertiary/aromatic N) is 1. The molecule has 0 spiro atoms. The zero-order valence-corrected chi connectivity index (χ0v) is 11.1. The molecule has 1 N–H and O–H groups in total. The van der Waals surface area contributed by atoms with Gasteiger partial charge in [-0.3, -0.25) is 4.79 Å². The highest BCUT2D eigenvalue weighted by molar-refractivity contribution is 7.20. The maximum absolute atomic E-state index is 13.1. The van der Waals surface area contributed by atoms with Crippen LogP contribution < -0.4 is 0 Å². The fourth-order valence-electron chi connectivity index (χ4n) is 2.55. The van der Waals surface area contributed by atoms with Crippen molar-refractivity contribution in [3.63, 3.8) is 0 Å². The van der Waals surface area contributed by atoms with Crippen molar-refractivity contribution in [2.75, 3.05) is 13.2 Å². The second kappa shape index (κ2) is 4.90. The Labute approximate surface area is 114 Å². The number of aliphatic hydroxyl groups excluding tert-OH is 1. The second-order valence-corrected chi connectivity index (χ2v) is 5.85. The minimum atomic E-state index is -0.293. The van der Waals surface area contributed by atoms with Gasteiger partial charge in [-0.2, -0.15) is 0 Å². The third-order valence-corrected chi connectivity index (χ3v) is 4.64. The first-order valence-corrected chi connectivity index (χ1v) is 7.11. The first-order valence-electron chi connectivity index (χ1n) is 6.30. The lowest BCUT2D eigenvalue weighted by Crippen LogP contribution is -2.37. The first kappa shape index (κ1) is 12.6. The van der Waals surface area contributed by atoms with Gasteiger partial charge in [0.15, 0.2) is 0 Å². The van der Waals surface area contributed by atoms with E-state index in [-0.39, 0.29) is 24.4 Å². The number of thiophene rings is 1. The van der Waals surface area contributed by atoms with E-state index in [1.54, 1.807) is 17.0 Å². The van der Waals surface area contributed by atoms with E-state index in [2.05, 4.69) is 0 Å². The normalized spacial score (nSPS) is 19.3. The number of rotatable bonds is 2. The fraction of sp³-hybridized carbons (Fsp3) is 0.357. The summed E-state index contributed by atoms with van der Waals surface area (Å²) >= 11 is 1.37. The molecule has 2 heterocycles. The van der Waals surface area contributed by atoms with E-state index in [0.29, 0.717) is 11.4 Å². The highest BCUT2D eigenvalue weighted by atomic mass is 32.1. The summed E-state index contributed by atoms with van der Waals surface area (Å²) in [6.45, 7) is 0.692. The molecule has 2 aromatic rings. The van der Waals surface area contributed by atoms with Crippen LogP contribution in [0.15, 0.2) is 24.3 Å². The number of carbonyl (C=O) groups is 1. The van der Waals surface area contributed by atoms with Crippen molar-refractivity contribution in [2.45, 2.75) is 18.9 Å². The molecule has 0 saturated carbocycles. The minimum Gasteiger partial charge on any atom is -0.394 e. The number of amides is 1. The summed E-state index contributed by atoms with van der Waals surface area (Å²) in [6, 6.07) is 6.20. The van der Waals surface area contributed by atoms with Gasteiger partial charge in [0.25, 0.3) is 5.91 Å². The molecule has 19 heavy (non-hydrogen) atoms. The summed E-state index contributed by atoms with van der Waals surface area (Å²) in [5.74, 6) is -0.350. The van der Waals surface area contributed by atoms with E-state index >= 15 is 0 Å². The van der Waals surface area contributed by atoms with E-state index < -0.39 is 0 Å². The average Bonchev–Trinajstić information content (AvgIpc) is 3.03. The molecule has 0 radical (unpaired) electrons. The van der Waals surface area contributed by atoms with Crippen LogP contribution in [0.5, 0.6) is 0 Å². The Balaban J connectivity index is 1.93. The Kier molecular flexibility index (Phi) is 3.24. The summed E-state index contributed by atoms with van der Waals surface area (Å²) in [4.78, 5) is 14.7. The van der Waals surface area contributed by atoms with Gasteiger partial charge in [-0.1, -0.05) is 0 Å². The molecule has 1 amide bonds. The van der Waals surface area contributed by atoms with E-state index in [9.17, 15) is 14.3 Å². The molecule has 1 fully saturated rings. The topological polar surface area (TPSA) is 40.5 Å². The van der Waals surface area contributed by atoms with Gasteiger partial charge in [-0.05, 0) is 42.5 Å². The lowest BCUT2D eigenvalue weighted by molar-refractivity contribution is 0.0682. The number of halogens is 1. The van der Waals surface area contributed by atoms with Crippen LogP contribution in [0, 0.1) is 5.82 Å². The van der Waals surface area contributed by atoms with Gasteiger partial charge in [0, 0.05) is 11.2 Å². The molecule has 1 aliphatic rings. The third kappa shape index (κ3) is 2.24. The maximum atomic E-state index is 13.1. The molecule has 3 rings (SSSR count). The average molecular weight is 279 g/mol. The van der Waals surface area contributed by atoms with Gasteiger partial charge in [-0.25, -0.2) is 4.39 Å². The molecule has 0 bridgehead atoms. The summed E-state index contributed by atoms with van der Waals surface area (Å²) in [6.07, 6.45) is 1.78. The van der Waals surface area contributed by atoms with Crippen LogP contribution in [0.1, 0.15) is 22.5 Å². The van der Waals surface area contributed by atoms with Crippen molar-refractivity contribution >= 4 is 27.3 Å². The maximum Gasteiger partial charge on any atom is 0.264 e. The molecule has 1 saturated heterocycles.